The first-order valence-electron chi connectivity index (χ1n) is 6.61. The maximum Gasteiger partial charge on any atom is 0.136 e. The SMILES string of the molecule is Cc1ccc(OC(CN)c2ccccc2C)cc1C. The van der Waals surface area contributed by atoms with Gasteiger partial charge in [0.15, 0.2) is 0 Å². The van der Waals surface area contributed by atoms with Crippen LogP contribution in [0.1, 0.15) is 28.4 Å². The average molecular weight is 255 g/mol. The second kappa shape index (κ2) is 5.89. The van der Waals surface area contributed by atoms with Crippen LogP contribution in [0.3, 0.4) is 0 Å². The number of hydrogen-bond donors (Lipinski definition) is 1. The van der Waals surface area contributed by atoms with Gasteiger partial charge in [-0.25, -0.2) is 0 Å². The summed E-state index contributed by atoms with van der Waals surface area (Å²) >= 11 is 0. The van der Waals surface area contributed by atoms with E-state index in [1.807, 2.05) is 18.2 Å². The molecular formula is C17H21NO. The van der Waals surface area contributed by atoms with E-state index >= 15 is 0 Å². The van der Waals surface area contributed by atoms with Gasteiger partial charge in [-0.2, -0.15) is 0 Å². The molecule has 0 saturated carbocycles. The van der Waals surface area contributed by atoms with E-state index in [1.165, 1.54) is 16.7 Å². The normalized spacial score (nSPS) is 12.2. The van der Waals surface area contributed by atoms with Crippen LogP contribution in [0.2, 0.25) is 0 Å². The molecule has 2 aromatic rings. The molecule has 2 nitrogen and oxygen atoms in total. The van der Waals surface area contributed by atoms with Crippen molar-refractivity contribution < 1.29 is 4.74 Å². The third-order valence-corrected chi connectivity index (χ3v) is 3.51. The first-order chi connectivity index (χ1) is 9.11. The van der Waals surface area contributed by atoms with E-state index in [0.717, 1.165) is 11.3 Å². The maximum absolute atomic E-state index is 6.04. The van der Waals surface area contributed by atoms with E-state index in [0.29, 0.717) is 6.54 Å². The number of rotatable bonds is 4. The largest absolute Gasteiger partial charge is 0.484 e. The zero-order valence-corrected chi connectivity index (χ0v) is 11.8. The van der Waals surface area contributed by atoms with Crippen molar-refractivity contribution in [1.29, 1.82) is 0 Å². The summed E-state index contributed by atoms with van der Waals surface area (Å²) in [6.07, 6.45) is -0.0942. The molecule has 0 spiro atoms. The van der Waals surface area contributed by atoms with Crippen molar-refractivity contribution >= 4 is 0 Å². The molecule has 0 aliphatic carbocycles. The highest BCUT2D eigenvalue weighted by molar-refractivity contribution is 5.35. The fraction of sp³-hybridized carbons (Fsp3) is 0.294. The number of ether oxygens (including phenoxy) is 1. The molecule has 0 heterocycles. The number of hydrogen-bond acceptors (Lipinski definition) is 2. The molecule has 0 aromatic heterocycles. The van der Waals surface area contributed by atoms with E-state index in [1.54, 1.807) is 0 Å². The van der Waals surface area contributed by atoms with Crippen LogP contribution in [-0.2, 0) is 0 Å². The van der Waals surface area contributed by atoms with Crippen LogP contribution < -0.4 is 10.5 Å². The molecule has 2 heteroatoms. The highest BCUT2D eigenvalue weighted by atomic mass is 16.5. The van der Waals surface area contributed by atoms with Crippen LogP contribution in [0, 0.1) is 20.8 Å². The first kappa shape index (κ1) is 13.6. The van der Waals surface area contributed by atoms with Gasteiger partial charge < -0.3 is 10.5 Å². The minimum absolute atomic E-state index is 0.0942. The van der Waals surface area contributed by atoms with Crippen LogP contribution >= 0.6 is 0 Å². The maximum atomic E-state index is 6.04. The molecule has 0 saturated heterocycles. The third kappa shape index (κ3) is 3.15. The van der Waals surface area contributed by atoms with Crippen molar-refractivity contribution in [3.05, 3.63) is 64.7 Å². The van der Waals surface area contributed by atoms with Gasteiger partial charge in [-0.3, -0.25) is 0 Å². The lowest BCUT2D eigenvalue weighted by Gasteiger charge is -2.20. The summed E-state index contributed by atoms with van der Waals surface area (Å²) in [5, 5.41) is 0. The fourth-order valence-electron chi connectivity index (χ4n) is 2.14. The molecule has 0 aliphatic heterocycles. The summed E-state index contributed by atoms with van der Waals surface area (Å²) in [7, 11) is 0. The van der Waals surface area contributed by atoms with Crippen LogP contribution in [0.15, 0.2) is 42.5 Å². The van der Waals surface area contributed by atoms with Crippen LogP contribution in [-0.4, -0.2) is 6.54 Å². The van der Waals surface area contributed by atoms with Gasteiger partial charge in [0.25, 0.3) is 0 Å². The van der Waals surface area contributed by atoms with Gasteiger partial charge >= 0.3 is 0 Å². The quantitative estimate of drug-likeness (QED) is 0.904. The Bertz CT molecular complexity index is 563. The molecule has 100 valence electrons. The van der Waals surface area contributed by atoms with Crippen LogP contribution in [0.5, 0.6) is 5.75 Å². The molecule has 1 unspecified atom stereocenters. The minimum Gasteiger partial charge on any atom is -0.484 e. The summed E-state index contributed by atoms with van der Waals surface area (Å²) in [4.78, 5) is 0. The highest BCUT2D eigenvalue weighted by Gasteiger charge is 2.13. The Hall–Kier alpha value is -1.80. The van der Waals surface area contributed by atoms with Gasteiger partial charge in [-0.05, 0) is 55.2 Å². The van der Waals surface area contributed by atoms with Crippen molar-refractivity contribution in [2.24, 2.45) is 5.73 Å². The third-order valence-electron chi connectivity index (χ3n) is 3.51. The van der Waals surface area contributed by atoms with Crippen molar-refractivity contribution in [3.63, 3.8) is 0 Å². The monoisotopic (exact) mass is 255 g/mol. The predicted molar refractivity (Wildman–Crippen MR) is 79.5 cm³/mol. The Morgan fingerprint density at radius 3 is 2.32 bits per heavy atom. The van der Waals surface area contributed by atoms with Gasteiger partial charge in [0.1, 0.15) is 11.9 Å². The lowest BCUT2D eigenvalue weighted by molar-refractivity contribution is 0.213. The molecule has 1 atom stereocenters. The Morgan fingerprint density at radius 2 is 1.68 bits per heavy atom. The summed E-state index contributed by atoms with van der Waals surface area (Å²) in [5.41, 5.74) is 10.7. The van der Waals surface area contributed by atoms with Gasteiger partial charge in [0.2, 0.25) is 0 Å². The molecule has 0 aliphatic rings. The molecule has 0 bridgehead atoms. The molecular weight excluding hydrogens is 234 g/mol. The summed E-state index contributed by atoms with van der Waals surface area (Å²) in [5.74, 6) is 0.877. The van der Waals surface area contributed by atoms with E-state index in [2.05, 4.69) is 45.0 Å². The Morgan fingerprint density at radius 1 is 0.947 bits per heavy atom. The Balaban J connectivity index is 2.24. The topological polar surface area (TPSA) is 35.2 Å². The van der Waals surface area contributed by atoms with E-state index in [4.69, 9.17) is 10.5 Å². The summed E-state index contributed by atoms with van der Waals surface area (Å²) in [6.45, 7) is 6.74. The highest BCUT2D eigenvalue weighted by Crippen LogP contribution is 2.25. The zero-order chi connectivity index (χ0) is 13.8. The predicted octanol–water partition coefficient (Wildman–Crippen LogP) is 3.69. The van der Waals surface area contributed by atoms with Gasteiger partial charge in [-0.1, -0.05) is 30.3 Å². The van der Waals surface area contributed by atoms with Crippen molar-refractivity contribution in [2.45, 2.75) is 26.9 Å². The van der Waals surface area contributed by atoms with E-state index in [-0.39, 0.29) is 6.10 Å². The second-order valence-corrected chi connectivity index (χ2v) is 4.94. The van der Waals surface area contributed by atoms with Crippen LogP contribution in [0.25, 0.3) is 0 Å². The lowest BCUT2D eigenvalue weighted by Crippen LogP contribution is -2.19. The summed E-state index contributed by atoms with van der Waals surface area (Å²) in [6, 6.07) is 14.4. The molecule has 0 radical (unpaired) electrons. The van der Waals surface area contributed by atoms with E-state index in [9.17, 15) is 0 Å². The standard InChI is InChI=1S/C17H21NO/c1-12-8-9-15(10-14(12)3)19-17(11-18)16-7-5-4-6-13(16)2/h4-10,17H,11,18H2,1-3H3. The molecule has 0 fully saturated rings. The fourth-order valence-corrected chi connectivity index (χ4v) is 2.14. The van der Waals surface area contributed by atoms with Crippen molar-refractivity contribution in [1.82, 2.24) is 0 Å². The van der Waals surface area contributed by atoms with Gasteiger partial charge in [-0.15, -0.1) is 0 Å². The van der Waals surface area contributed by atoms with Gasteiger partial charge in [0.05, 0.1) is 0 Å². The molecule has 2 aromatic carbocycles. The zero-order valence-electron chi connectivity index (χ0n) is 11.8. The Labute approximate surface area is 115 Å². The molecule has 0 amide bonds. The van der Waals surface area contributed by atoms with E-state index < -0.39 is 0 Å². The van der Waals surface area contributed by atoms with Crippen molar-refractivity contribution in [2.75, 3.05) is 6.54 Å². The van der Waals surface area contributed by atoms with Crippen LogP contribution in [0.4, 0.5) is 0 Å². The van der Waals surface area contributed by atoms with Crippen molar-refractivity contribution in [3.8, 4) is 5.75 Å². The lowest BCUT2D eigenvalue weighted by atomic mass is 10.0. The summed E-state index contributed by atoms with van der Waals surface area (Å²) < 4.78 is 6.04. The van der Waals surface area contributed by atoms with Gasteiger partial charge in [0, 0.05) is 6.54 Å². The molecule has 19 heavy (non-hydrogen) atoms. The first-order valence-corrected chi connectivity index (χ1v) is 6.61. The number of nitrogens with two attached hydrogens (primary N) is 1. The smallest absolute Gasteiger partial charge is 0.136 e. The molecule has 2 N–H and O–H groups in total. The number of aryl methyl sites for hydroxylation is 3. The second-order valence-electron chi connectivity index (χ2n) is 4.94. The number of benzene rings is 2. The molecule has 2 rings (SSSR count). The Kier molecular flexibility index (Phi) is 4.23. The average Bonchev–Trinajstić information content (AvgIpc) is 2.41. The minimum atomic E-state index is -0.0942.